The van der Waals surface area contributed by atoms with Gasteiger partial charge < -0.3 is 5.32 Å². The second-order valence-electron chi connectivity index (χ2n) is 5.05. The highest BCUT2D eigenvalue weighted by molar-refractivity contribution is 6.29. The molecule has 0 aliphatic carbocycles. The molecule has 0 spiro atoms. The molecule has 0 radical (unpaired) electrons. The van der Waals surface area contributed by atoms with Crippen LogP contribution in [0.3, 0.4) is 0 Å². The van der Waals surface area contributed by atoms with Crippen molar-refractivity contribution in [3.8, 4) is 5.69 Å². The van der Waals surface area contributed by atoms with Gasteiger partial charge in [0.05, 0.1) is 16.6 Å². The van der Waals surface area contributed by atoms with Crippen LogP contribution < -0.4 is 10.9 Å². The lowest BCUT2D eigenvalue weighted by Gasteiger charge is -2.11. The van der Waals surface area contributed by atoms with Crippen molar-refractivity contribution in [1.29, 1.82) is 0 Å². The first-order chi connectivity index (χ1) is 11.1. The van der Waals surface area contributed by atoms with Crippen LogP contribution in [0.4, 0.5) is 5.69 Å². The van der Waals surface area contributed by atoms with E-state index in [1.54, 1.807) is 41.8 Å². The first-order valence-corrected chi connectivity index (χ1v) is 7.58. The number of nitrogens with zero attached hydrogens (tertiary/aromatic N) is 2. The van der Waals surface area contributed by atoms with Gasteiger partial charge in [0.1, 0.15) is 11.7 Å². The molecule has 6 heteroatoms. The van der Waals surface area contributed by atoms with Crippen LogP contribution in [0.1, 0.15) is 5.82 Å². The van der Waals surface area contributed by atoms with Crippen molar-refractivity contribution in [2.24, 2.45) is 0 Å². The molecule has 0 atom stereocenters. The summed E-state index contributed by atoms with van der Waals surface area (Å²) in [5.41, 5.74) is 1.87. The number of anilines is 1. The lowest BCUT2D eigenvalue weighted by molar-refractivity contribution is -0.113. The Hall–Kier alpha value is -2.66. The molecule has 23 heavy (non-hydrogen) atoms. The molecule has 3 aromatic rings. The lowest BCUT2D eigenvalue weighted by atomic mass is 10.2. The molecule has 5 nitrogen and oxygen atoms in total. The number of rotatable bonds is 3. The zero-order chi connectivity index (χ0) is 16.4. The van der Waals surface area contributed by atoms with E-state index in [0.717, 1.165) is 0 Å². The molecule has 0 fully saturated rings. The van der Waals surface area contributed by atoms with Gasteiger partial charge in [-0.3, -0.25) is 14.2 Å². The molecule has 0 unspecified atom stereocenters. The molecule has 1 aromatic heterocycles. The third-order valence-corrected chi connectivity index (χ3v) is 3.72. The number of aromatic nitrogens is 2. The fraction of sp³-hybridized carbons (Fsp3) is 0.118. The Bertz CT molecular complexity index is 933. The van der Waals surface area contributed by atoms with Crippen LogP contribution in [0.5, 0.6) is 0 Å². The summed E-state index contributed by atoms with van der Waals surface area (Å²) in [6, 6.07) is 14.2. The number of amides is 1. The Kier molecular flexibility index (Phi) is 4.12. The van der Waals surface area contributed by atoms with Crippen LogP contribution in [0.2, 0.25) is 0 Å². The normalized spacial score (nSPS) is 10.7. The summed E-state index contributed by atoms with van der Waals surface area (Å²) in [7, 11) is 0. The number of alkyl halides is 1. The highest BCUT2D eigenvalue weighted by atomic mass is 35.5. The molecule has 1 N–H and O–H groups in total. The van der Waals surface area contributed by atoms with Crippen molar-refractivity contribution in [3.05, 3.63) is 64.7 Å². The van der Waals surface area contributed by atoms with E-state index in [1.165, 1.54) is 0 Å². The fourth-order valence-corrected chi connectivity index (χ4v) is 2.50. The minimum atomic E-state index is -0.278. The van der Waals surface area contributed by atoms with Gasteiger partial charge in [0.25, 0.3) is 5.56 Å². The Balaban J connectivity index is 2.06. The third kappa shape index (κ3) is 2.96. The van der Waals surface area contributed by atoms with Crippen LogP contribution in [0, 0.1) is 6.92 Å². The van der Waals surface area contributed by atoms with Crippen LogP contribution in [0.25, 0.3) is 16.6 Å². The first-order valence-electron chi connectivity index (χ1n) is 7.05. The van der Waals surface area contributed by atoms with Gasteiger partial charge in [-0.1, -0.05) is 12.1 Å². The number of fused-ring (bicyclic) bond motifs is 1. The summed E-state index contributed by atoms with van der Waals surface area (Å²) in [6.45, 7) is 1.79. The molecule has 0 aliphatic heterocycles. The molecular weight excluding hydrogens is 314 g/mol. The van der Waals surface area contributed by atoms with Crippen LogP contribution in [-0.4, -0.2) is 21.3 Å². The van der Waals surface area contributed by atoms with Gasteiger partial charge in [-0.05, 0) is 43.3 Å². The lowest BCUT2D eigenvalue weighted by Crippen LogP contribution is -2.22. The minimum absolute atomic E-state index is 0.102. The molecule has 0 bridgehead atoms. The summed E-state index contributed by atoms with van der Waals surface area (Å²) in [4.78, 5) is 28.4. The molecule has 0 aliphatic rings. The minimum Gasteiger partial charge on any atom is -0.325 e. The molecule has 1 amide bonds. The molecule has 116 valence electrons. The zero-order valence-electron chi connectivity index (χ0n) is 12.4. The number of aryl methyl sites for hydroxylation is 1. The predicted octanol–water partition coefficient (Wildman–Crippen LogP) is 2.87. The first kappa shape index (κ1) is 15.2. The largest absolute Gasteiger partial charge is 0.325 e. The number of benzene rings is 2. The molecule has 1 heterocycles. The van der Waals surface area contributed by atoms with E-state index in [1.807, 2.05) is 18.2 Å². The Morgan fingerprint density at radius 3 is 2.57 bits per heavy atom. The highest BCUT2D eigenvalue weighted by Gasteiger charge is 2.09. The van der Waals surface area contributed by atoms with Gasteiger partial charge in [0.15, 0.2) is 0 Å². The molecular formula is C17H14ClN3O2. The van der Waals surface area contributed by atoms with E-state index >= 15 is 0 Å². The topological polar surface area (TPSA) is 64.0 Å². The number of carbonyl (C=O) groups is 1. The molecule has 3 rings (SSSR count). The second kappa shape index (κ2) is 6.22. The van der Waals surface area contributed by atoms with Gasteiger partial charge in [0, 0.05) is 5.69 Å². The van der Waals surface area contributed by atoms with Crippen molar-refractivity contribution < 1.29 is 4.79 Å². The fourth-order valence-electron chi connectivity index (χ4n) is 2.44. The third-order valence-electron chi connectivity index (χ3n) is 3.47. The number of hydrogen-bond acceptors (Lipinski definition) is 3. The van der Waals surface area contributed by atoms with Crippen molar-refractivity contribution in [2.75, 3.05) is 11.2 Å². The number of hydrogen-bond donors (Lipinski definition) is 1. The summed E-state index contributed by atoms with van der Waals surface area (Å²) >= 11 is 5.46. The van der Waals surface area contributed by atoms with Crippen LogP contribution in [0.15, 0.2) is 53.3 Å². The second-order valence-corrected chi connectivity index (χ2v) is 5.31. The molecule has 2 aromatic carbocycles. The van der Waals surface area contributed by atoms with Crippen molar-refractivity contribution >= 4 is 34.1 Å². The maximum absolute atomic E-state index is 12.7. The maximum Gasteiger partial charge on any atom is 0.265 e. The Morgan fingerprint density at radius 2 is 1.87 bits per heavy atom. The monoisotopic (exact) mass is 327 g/mol. The summed E-state index contributed by atoms with van der Waals surface area (Å²) in [5.74, 6) is 0.223. The average molecular weight is 328 g/mol. The number of para-hydroxylation sites is 1. The van der Waals surface area contributed by atoms with Crippen molar-refractivity contribution in [3.63, 3.8) is 0 Å². The maximum atomic E-state index is 12.7. The summed E-state index contributed by atoms with van der Waals surface area (Å²) in [5, 5.41) is 3.22. The molecule has 0 saturated heterocycles. The van der Waals surface area contributed by atoms with E-state index in [-0.39, 0.29) is 17.3 Å². The van der Waals surface area contributed by atoms with E-state index in [2.05, 4.69) is 10.3 Å². The molecule has 0 saturated carbocycles. The Labute approximate surface area is 137 Å². The SMILES string of the molecule is Cc1nc2ccccc2c(=O)n1-c1ccc(NC(=O)CCl)cc1. The van der Waals surface area contributed by atoms with Gasteiger partial charge in [-0.15, -0.1) is 11.6 Å². The predicted molar refractivity (Wildman–Crippen MR) is 91.4 cm³/mol. The van der Waals surface area contributed by atoms with Crippen LogP contribution in [-0.2, 0) is 4.79 Å². The quantitative estimate of drug-likeness (QED) is 0.752. The standard InChI is InChI=1S/C17H14ClN3O2/c1-11-19-15-5-3-2-4-14(15)17(23)21(11)13-8-6-12(7-9-13)20-16(22)10-18/h2-9H,10H2,1H3,(H,20,22). The van der Waals surface area contributed by atoms with Crippen molar-refractivity contribution in [1.82, 2.24) is 9.55 Å². The zero-order valence-corrected chi connectivity index (χ0v) is 13.2. The number of halogens is 1. The van der Waals surface area contributed by atoms with Gasteiger partial charge in [-0.2, -0.15) is 0 Å². The average Bonchev–Trinajstić information content (AvgIpc) is 2.56. The smallest absolute Gasteiger partial charge is 0.265 e. The highest BCUT2D eigenvalue weighted by Crippen LogP contribution is 2.15. The summed E-state index contributed by atoms with van der Waals surface area (Å²) in [6.07, 6.45) is 0. The number of nitrogens with one attached hydrogen (secondary N) is 1. The van der Waals surface area contributed by atoms with E-state index < -0.39 is 0 Å². The summed E-state index contributed by atoms with van der Waals surface area (Å²) < 4.78 is 1.55. The van der Waals surface area contributed by atoms with E-state index in [9.17, 15) is 9.59 Å². The van der Waals surface area contributed by atoms with E-state index in [0.29, 0.717) is 28.1 Å². The van der Waals surface area contributed by atoms with Gasteiger partial charge in [0.2, 0.25) is 5.91 Å². The van der Waals surface area contributed by atoms with Gasteiger partial charge in [-0.25, -0.2) is 4.98 Å². The van der Waals surface area contributed by atoms with E-state index in [4.69, 9.17) is 11.6 Å². The van der Waals surface area contributed by atoms with Crippen molar-refractivity contribution in [2.45, 2.75) is 6.92 Å². The number of carbonyl (C=O) groups excluding carboxylic acids is 1. The van der Waals surface area contributed by atoms with Crippen LogP contribution >= 0.6 is 11.6 Å². The van der Waals surface area contributed by atoms with Gasteiger partial charge >= 0.3 is 0 Å². The Morgan fingerprint density at radius 1 is 1.17 bits per heavy atom.